The highest BCUT2D eigenvalue weighted by Gasteiger charge is 2.17. The molecule has 0 radical (unpaired) electrons. The predicted octanol–water partition coefficient (Wildman–Crippen LogP) is 2.51. The van der Waals surface area contributed by atoms with E-state index in [2.05, 4.69) is 11.4 Å². The van der Waals surface area contributed by atoms with Crippen molar-refractivity contribution < 1.29 is 19.0 Å². The summed E-state index contributed by atoms with van der Waals surface area (Å²) in [7, 11) is 4.50. The second-order valence-corrected chi connectivity index (χ2v) is 4.90. The molecule has 0 bridgehead atoms. The first-order valence-corrected chi connectivity index (χ1v) is 7.20. The van der Waals surface area contributed by atoms with Crippen molar-refractivity contribution in [3.8, 4) is 23.3 Å². The number of nitrogens with one attached hydrogen (secondary N) is 1. The zero-order chi connectivity index (χ0) is 17.5. The molecule has 0 aliphatic heterocycles. The lowest BCUT2D eigenvalue weighted by Gasteiger charge is -2.14. The quantitative estimate of drug-likeness (QED) is 0.882. The zero-order valence-electron chi connectivity index (χ0n) is 13.8. The zero-order valence-corrected chi connectivity index (χ0v) is 13.8. The molecule has 1 amide bonds. The molecule has 2 aromatic carbocycles. The Morgan fingerprint density at radius 2 is 1.58 bits per heavy atom. The van der Waals surface area contributed by atoms with Crippen molar-refractivity contribution in [3.05, 3.63) is 53.1 Å². The summed E-state index contributed by atoms with van der Waals surface area (Å²) in [4.78, 5) is 12.4. The molecular weight excluding hydrogens is 308 g/mol. The first-order valence-electron chi connectivity index (χ1n) is 7.20. The number of methoxy groups -OCH3 is 3. The summed E-state index contributed by atoms with van der Waals surface area (Å²) in [6.45, 7) is 0.335. The fourth-order valence-corrected chi connectivity index (χ4v) is 2.18. The summed E-state index contributed by atoms with van der Waals surface area (Å²) < 4.78 is 15.7. The molecule has 0 aromatic heterocycles. The van der Waals surface area contributed by atoms with E-state index in [1.165, 1.54) is 21.3 Å². The number of nitrogens with zero attached hydrogens (tertiary/aromatic N) is 1. The number of carbonyl (C=O) groups excluding carboxylic acids is 1. The van der Waals surface area contributed by atoms with Gasteiger partial charge in [-0.2, -0.15) is 5.26 Å². The summed E-state index contributed by atoms with van der Waals surface area (Å²) in [6.07, 6.45) is 0. The minimum atomic E-state index is -0.294. The van der Waals surface area contributed by atoms with E-state index < -0.39 is 0 Å². The molecule has 6 nitrogen and oxygen atoms in total. The number of nitriles is 1. The van der Waals surface area contributed by atoms with Crippen LogP contribution < -0.4 is 19.5 Å². The van der Waals surface area contributed by atoms with E-state index in [9.17, 15) is 4.79 Å². The van der Waals surface area contributed by atoms with Gasteiger partial charge in [0.2, 0.25) is 0 Å². The van der Waals surface area contributed by atoms with Crippen LogP contribution in [-0.4, -0.2) is 27.2 Å². The van der Waals surface area contributed by atoms with Crippen molar-refractivity contribution in [2.45, 2.75) is 6.54 Å². The number of ether oxygens (including phenoxy) is 3. The lowest BCUT2D eigenvalue weighted by Crippen LogP contribution is -2.23. The summed E-state index contributed by atoms with van der Waals surface area (Å²) in [6, 6.07) is 12.2. The van der Waals surface area contributed by atoms with Crippen molar-refractivity contribution in [1.29, 1.82) is 5.26 Å². The number of benzene rings is 2. The van der Waals surface area contributed by atoms with Crippen LogP contribution in [0.2, 0.25) is 0 Å². The highest BCUT2D eigenvalue weighted by atomic mass is 16.5. The maximum Gasteiger partial charge on any atom is 0.255 e. The van der Waals surface area contributed by atoms with Crippen molar-refractivity contribution >= 4 is 5.91 Å². The van der Waals surface area contributed by atoms with Crippen molar-refractivity contribution in [3.63, 3.8) is 0 Å². The molecule has 0 unspecified atom stereocenters. The van der Waals surface area contributed by atoms with Crippen molar-refractivity contribution in [2.24, 2.45) is 0 Å². The van der Waals surface area contributed by atoms with Gasteiger partial charge in [0.15, 0.2) is 11.5 Å². The van der Waals surface area contributed by atoms with Crippen molar-refractivity contribution in [1.82, 2.24) is 5.32 Å². The van der Waals surface area contributed by atoms with Gasteiger partial charge in [-0.15, -0.1) is 0 Å². The van der Waals surface area contributed by atoms with Crippen molar-refractivity contribution in [2.75, 3.05) is 21.3 Å². The molecule has 0 saturated carbocycles. The minimum Gasteiger partial charge on any atom is -0.496 e. The van der Waals surface area contributed by atoms with Crippen LogP contribution in [0.1, 0.15) is 21.5 Å². The van der Waals surface area contributed by atoms with Gasteiger partial charge in [-0.05, 0) is 17.7 Å². The third-order valence-electron chi connectivity index (χ3n) is 3.49. The van der Waals surface area contributed by atoms with Crippen LogP contribution in [0.4, 0.5) is 0 Å². The Kier molecular flexibility index (Phi) is 5.63. The molecule has 0 aliphatic carbocycles. The van der Waals surface area contributed by atoms with E-state index >= 15 is 0 Å². The Bertz CT molecular complexity index is 764. The molecule has 24 heavy (non-hydrogen) atoms. The molecule has 0 atom stereocenters. The van der Waals surface area contributed by atoms with Gasteiger partial charge in [0.05, 0.1) is 38.5 Å². The predicted molar refractivity (Wildman–Crippen MR) is 88.4 cm³/mol. The van der Waals surface area contributed by atoms with E-state index in [0.29, 0.717) is 34.9 Å². The van der Waals surface area contributed by atoms with Gasteiger partial charge < -0.3 is 19.5 Å². The van der Waals surface area contributed by atoms with Crippen LogP contribution in [0.5, 0.6) is 17.2 Å². The van der Waals surface area contributed by atoms with Crippen LogP contribution in [0, 0.1) is 11.3 Å². The average Bonchev–Trinajstić information content (AvgIpc) is 2.65. The second kappa shape index (κ2) is 7.88. The maximum absolute atomic E-state index is 12.4. The topological polar surface area (TPSA) is 80.6 Å². The highest BCUT2D eigenvalue weighted by molar-refractivity contribution is 5.97. The summed E-state index contributed by atoms with van der Waals surface area (Å²) >= 11 is 0. The molecule has 0 fully saturated rings. The lowest BCUT2D eigenvalue weighted by atomic mass is 10.1. The summed E-state index contributed by atoms with van der Waals surface area (Å²) in [5.74, 6) is 1.03. The number of carbonyl (C=O) groups is 1. The molecule has 6 heteroatoms. The largest absolute Gasteiger partial charge is 0.496 e. The monoisotopic (exact) mass is 326 g/mol. The number of amides is 1. The molecule has 0 heterocycles. The van der Waals surface area contributed by atoms with Crippen LogP contribution in [0.25, 0.3) is 0 Å². The second-order valence-electron chi connectivity index (χ2n) is 4.90. The summed E-state index contributed by atoms with van der Waals surface area (Å²) in [5.41, 5.74) is 1.82. The van der Waals surface area contributed by atoms with Crippen LogP contribution in [0.3, 0.4) is 0 Å². The van der Waals surface area contributed by atoms with E-state index in [4.69, 9.17) is 19.5 Å². The third kappa shape index (κ3) is 3.76. The fraction of sp³-hybridized carbons (Fsp3) is 0.222. The van der Waals surface area contributed by atoms with Gasteiger partial charge in [0.25, 0.3) is 5.91 Å². The Morgan fingerprint density at radius 3 is 2.12 bits per heavy atom. The number of rotatable bonds is 6. The Labute approximate surface area is 140 Å². The Morgan fingerprint density at radius 1 is 1.00 bits per heavy atom. The number of hydrogen-bond acceptors (Lipinski definition) is 5. The van der Waals surface area contributed by atoms with E-state index in [1.807, 2.05) is 0 Å². The van der Waals surface area contributed by atoms with Gasteiger partial charge in [-0.1, -0.05) is 12.1 Å². The minimum absolute atomic E-state index is 0.294. The van der Waals surface area contributed by atoms with E-state index in [1.54, 1.807) is 36.4 Å². The van der Waals surface area contributed by atoms with Crippen LogP contribution in [-0.2, 0) is 6.54 Å². The molecule has 0 aliphatic rings. The van der Waals surface area contributed by atoms with Crippen LogP contribution >= 0.6 is 0 Å². The van der Waals surface area contributed by atoms with Gasteiger partial charge in [0.1, 0.15) is 5.75 Å². The lowest BCUT2D eigenvalue weighted by molar-refractivity contribution is 0.0947. The van der Waals surface area contributed by atoms with Gasteiger partial charge >= 0.3 is 0 Å². The molecule has 2 aromatic rings. The van der Waals surface area contributed by atoms with E-state index in [0.717, 1.165) is 5.56 Å². The molecule has 2 rings (SSSR count). The summed E-state index contributed by atoms with van der Waals surface area (Å²) in [5, 5.41) is 11.6. The average molecular weight is 326 g/mol. The standard InChI is InChI=1S/C18H18N2O4/c1-22-15-9-17(24-3)16(23-2)8-14(15)18(21)20-11-13-6-4-12(10-19)5-7-13/h4-9H,11H2,1-3H3,(H,20,21). The first-order chi connectivity index (χ1) is 11.6. The molecule has 1 N–H and O–H groups in total. The Balaban J connectivity index is 2.17. The molecule has 0 spiro atoms. The molecule has 0 saturated heterocycles. The SMILES string of the molecule is COc1cc(OC)c(C(=O)NCc2ccc(C#N)cc2)cc1OC. The highest BCUT2D eigenvalue weighted by Crippen LogP contribution is 2.34. The fourth-order valence-electron chi connectivity index (χ4n) is 2.18. The van der Waals surface area contributed by atoms with Gasteiger partial charge in [-0.25, -0.2) is 0 Å². The Hall–Kier alpha value is -3.20. The molecular formula is C18H18N2O4. The first kappa shape index (κ1) is 17.2. The third-order valence-corrected chi connectivity index (χ3v) is 3.49. The number of hydrogen-bond donors (Lipinski definition) is 1. The molecule has 124 valence electrons. The van der Waals surface area contributed by atoms with Gasteiger partial charge in [-0.3, -0.25) is 4.79 Å². The van der Waals surface area contributed by atoms with Gasteiger partial charge in [0, 0.05) is 18.7 Å². The maximum atomic E-state index is 12.4. The smallest absolute Gasteiger partial charge is 0.255 e. The van der Waals surface area contributed by atoms with Crippen LogP contribution in [0.15, 0.2) is 36.4 Å². The van der Waals surface area contributed by atoms with E-state index in [-0.39, 0.29) is 5.91 Å². The normalized spacial score (nSPS) is 9.75.